The summed E-state index contributed by atoms with van der Waals surface area (Å²) in [6, 6.07) is 0. The molecule has 11 heavy (non-hydrogen) atoms. The van der Waals surface area contributed by atoms with Crippen molar-refractivity contribution in [2.45, 2.75) is 6.92 Å². The molecule has 0 aromatic heterocycles. The summed E-state index contributed by atoms with van der Waals surface area (Å²) in [6.07, 6.45) is 0. The zero-order chi connectivity index (χ0) is 8.69. The minimum Gasteiger partial charge on any atom is -0.375 e. The highest BCUT2D eigenvalue weighted by Gasteiger charge is 1.89. The molecule has 0 bridgehead atoms. The Hall–Kier alpha value is -0.880. The van der Waals surface area contributed by atoms with E-state index in [1.54, 1.807) is 0 Å². The van der Waals surface area contributed by atoms with Crippen LogP contribution in [0.15, 0.2) is 0 Å². The fraction of sp³-hybridized carbons (Fsp3) is 0.600. The minimum atomic E-state index is -0.0536. The molecule has 5 N–H and O–H groups in total. The van der Waals surface area contributed by atoms with E-state index in [0.717, 1.165) is 0 Å². The first-order chi connectivity index (χ1) is 5.13. The summed E-state index contributed by atoms with van der Waals surface area (Å²) in [5.74, 6) is -0.0536. The number of hydrogen-bond donors (Lipinski definition) is 4. The summed E-state index contributed by atoms with van der Waals surface area (Å²) in [6.45, 7) is 2.59. The Morgan fingerprint density at radius 1 is 1.55 bits per heavy atom. The van der Waals surface area contributed by atoms with Crippen molar-refractivity contribution < 1.29 is 4.79 Å². The molecule has 0 aliphatic carbocycles. The van der Waals surface area contributed by atoms with Crippen molar-refractivity contribution >= 4 is 23.2 Å². The van der Waals surface area contributed by atoms with E-state index in [4.69, 9.17) is 5.73 Å². The van der Waals surface area contributed by atoms with Crippen LogP contribution in [0.5, 0.6) is 0 Å². The van der Waals surface area contributed by atoms with Gasteiger partial charge in [-0.15, -0.1) is 0 Å². The molecule has 0 rings (SSSR count). The van der Waals surface area contributed by atoms with Gasteiger partial charge >= 0.3 is 0 Å². The van der Waals surface area contributed by atoms with Gasteiger partial charge in [-0.3, -0.25) is 10.2 Å². The van der Waals surface area contributed by atoms with Crippen LogP contribution in [0, 0.1) is 0 Å². The van der Waals surface area contributed by atoms with Crippen molar-refractivity contribution in [3.05, 3.63) is 0 Å². The Morgan fingerprint density at radius 3 is 2.64 bits per heavy atom. The Balaban J connectivity index is 3.03. The summed E-state index contributed by atoms with van der Waals surface area (Å²) in [5, 5.41) is 2.78. The van der Waals surface area contributed by atoms with Gasteiger partial charge < -0.3 is 11.1 Å². The van der Waals surface area contributed by atoms with Crippen molar-refractivity contribution in [2.24, 2.45) is 5.73 Å². The molecule has 0 aliphatic heterocycles. The molecule has 0 spiro atoms. The van der Waals surface area contributed by atoms with Gasteiger partial charge in [0.15, 0.2) is 5.11 Å². The Morgan fingerprint density at radius 2 is 2.18 bits per heavy atom. The van der Waals surface area contributed by atoms with Gasteiger partial charge in [0.05, 0.1) is 0 Å². The number of thiocarbonyl (C=S) groups is 1. The molecule has 0 atom stereocenters. The largest absolute Gasteiger partial charge is 0.375 e. The lowest BCUT2D eigenvalue weighted by Crippen LogP contribution is -2.44. The van der Waals surface area contributed by atoms with Crippen molar-refractivity contribution in [1.29, 1.82) is 0 Å². The van der Waals surface area contributed by atoms with Gasteiger partial charge in [-0.25, -0.2) is 5.43 Å². The molecule has 0 aromatic rings. The van der Waals surface area contributed by atoms with E-state index in [0.29, 0.717) is 13.1 Å². The predicted octanol–water partition coefficient (Wildman–Crippen LogP) is -1.54. The topological polar surface area (TPSA) is 79.2 Å². The van der Waals surface area contributed by atoms with Crippen LogP contribution < -0.4 is 21.9 Å². The fourth-order valence-corrected chi connectivity index (χ4v) is 0.523. The summed E-state index contributed by atoms with van der Waals surface area (Å²) in [4.78, 5) is 10.3. The second kappa shape index (κ2) is 5.87. The van der Waals surface area contributed by atoms with E-state index < -0.39 is 0 Å². The molecule has 0 aromatic carbocycles. The van der Waals surface area contributed by atoms with E-state index in [9.17, 15) is 4.79 Å². The van der Waals surface area contributed by atoms with Crippen molar-refractivity contribution in [3.63, 3.8) is 0 Å². The zero-order valence-electron chi connectivity index (χ0n) is 6.31. The Bertz CT molecular complexity index is 133. The van der Waals surface area contributed by atoms with Crippen LogP contribution in [0.25, 0.3) is 0 Å². The second-order valence-corrected chi connectivity index (χ2v) is 2.34. The third-order valence-corrected chi connectivity index (χ3v) is 0.938. The first kappa shape index (κ1) is 10.1. The summed E-state index contributed by atoms with van der Waals surface area (Å²) in [5.41, 5.74) is 10.3. The van der Waals surface area contributed by atoms with E-state index in [2.05, 4.69) is 28.4 Å². The lowest BCUT2D eigenvalue weighted by atomic mass is 10.6. The normalized spacial score (nSPS) is 8.82. The number of amides is 1. The number of hydrazine groups is 1. The fourth-order valence-electron chi connectivity index (χ4n) is 0.451. The third kappa shape index (κ3) is 9.12. The van der Waals surface area contributed by atoms with E-state index >= 15 is 0 Å². The SMILES string of the molecule is CC(=O)NCCNNC(N)=S. The van der Waals surface area contributed by atoms with Gasteiger partial charge in [0, 0.05) is 20.0 Å². The monoisotopic (exact) mass is 176 g/mol. The number of nitrogens with one attached hydrogen (secondary N) is 3. The van der Waals surface area contributed by atoms with Gasteiger partial charge in [0.2, 0.25) is 5.91 Å². The molecule has 64 valence electrons. The van der Waals surface area contributed by atoms with Crippen molar-refractivity contribution in [1.82, 2.24) is 16.2 Å². The smallest absolute Gasteiger partial charge is 0.216 e. The minimum absolute atomic E-state index is 0.0536. The first-order valence-electron chi connectivity index (χ1n) is 3.15. The quantitative estimate of drug-likeness (QED) is 0.237. The lowest BCUT2D eigenvalue weighted by molar-refractivity contribution is -0.118. The maximum absolute atomic E-state index is 10.3. The molecule has 0 fully saturated rings. The lowest BCUT2D eigenvalue weighted by Gasteiger charge is -2.05. The molecule has 0 aliphatic rings. The van der Waals surface area contributed by atoms with Crippen molar-refractivity contribution in [2.75, 3.05) is 13.1 Å². The van der Waals surface area contributed by atoms with Crippen LogP contribution in [0.1, 0.15) is 6.92 Å². The summed E-state index contributed by atoms with van der Waals surface area (Å²) < 4.78 is 0. The standard InChI is InChI=1S/C5H12N4OS/c1-4(10)7-2-3-8-9-5(6)11/h8H,2-3H2,1H3,(H,7,10)(H3,6,9,11). The van der Waals surface area contributed by atoms with Gasteiger partial charge in [-0.05, 0) is 12.2 Å². The molecule has 0 radical (unpaired) electrons. The van der Waals surface area contributed by atoms with E-state index in [-0.39, 0.29) is 11.0 Å². The molecule has 6 heteroatoms. The number of hydrogen-bond acceptors (Lipinski definition) is 3. The average Bonchev–Trinajstić information content (AvgIpc) is 1.85. The maximum Gasteiger partial charge on any atom is 0.216 e. The molecule has 0 saturated heterocycles. The molecule has 1 amide bonds. The highest BCUT2D eigenvalue weighted by Crippen LogP contribution is 1.59. The molecular formula is C5H12N4OS. The van der Waals surface area contributed by atoms with E-state index in [1.165, 1.54) is 6.92 Å². The summed E-state index contributed by atoms with van der Waals surface area (Å²) >= 11 is 4.51. The van der Waals surface area contributed by atoms with Crippen LogP contribution in [0.3, 0.4) is 0 Å². The van der Waals surface area contributed by atoms with Crippen LogP contribution >= 0.6 is 12.2 Å². The molecule has 5 nitrogen and oxygen atoms in total. The highest BCUT2D eigenvalue weighted by molar-refractivity contribution is 7.80. The second-order valence-electron chi connectivity index (χ2n) is 1.90. The number of carbonyl (C=O) groups is 1. The number of rotatable bonds is 4. The Labute approximate surface area is 70.7 Å². The maximum atomic E-state index is 10.3. The van der Waals surface area contributed by atoms with Crippen LogP contribution in [0.2, 0.25) is 0 Å². The van der Waals surface area contributed by atoms with Gasteiger partial charge in [0.1, 0.15) is 0 Å². The van der Waals surface area contributed by atoms with Gasteiger partial charge in [0.25, 0.3) is 0 Å². The van der Waals surface area contributed by atoms with Crippen LogP contribution in [-0.4, -0.2) is 24.1 Å². The van der Waals surface area contributed by atoms with E-state index in [1.807, 2.05) is 0 Å². The van der Waals surface area contributed by atoms with Gasteiger partial charge in [-0.2, -0.15) is 0 Å². The summed E-state index contributed by atoms with van der Waals surface area (Å²) in [7, 11) is 0. The van der Waals surface area contributed by atoms with Gasteiger partial charge in [-0.1, -0.05) is 0 Å². The molecule has 0 unspecified atom stereocenters. The first-order valence-corrected chi connectivity index (χ1v) is 3.56. The van der Waals surface area contributed by atoms with Crippen molar-refractivity contribution in [3.8, 4) is 0 Å². The average molecular weight is 176 g/mol. The van der Waals surface area contributed by atoms with Crippen LogP contribution in [0.4, 0.5) is 0 Å². The zero-order valence-corrected chi connectivity index (χ0v) is 7.12. The number of nitrogens with two attached hydrogens (primary N) is 1. The highest BCUT2D eigenvalue weighted by atomic mass is 32.1. The third-order valence-electron chi connectivity index (χ3n) is 0.836. The molecule has 0 heterocycles. The molecule has 0 saturated carbocycles. The Kier molecular flexibility index (Phi) is 5.40. The predicted molar refractivity (Wildman–Crippen MR) is 46.6 cm³/mol. The number of carbonyl (C=O) groups excluding carboxylic acids is 1. The van der Waals surface area contributed by atoms with Crippen LogP contribution in [-0.2, 0) is 4.79 Å². The molecular weight excluding hydrogens is 164 g/mol.